The molecule has 2 aromatic carbocycles. The van der Waals surface area contributed by atoms with Crippen molar-refractivity contribution in [2.75, 3.05) is 0 Å². The summed E-state index contributed by atoms with van der Waals surface area (Å²) in [5.74, 6) is -0.227. The Hall–Kier alpha value is -3.13. The molecule has 1 saturated heterocycles. The molecule has 5 nitrogen and oxygen atoms in total. The predicted molar refractivity (Wildman–Crippen MR) is 93.3 cm³/mol. The molecule has 126 valence electrons. The fourth-order valence-electron chi connectivity index (χ4n) is 3.24. The topological polar surface area (TPSA) is 73.2 Å². The lowest BCUT2D eigenvalue weighted by atomic mass is 9.85. The molecule has 0 bridgehead atoms. The summed E-state index contributed by atoms with van der Waals surface area (Å²) in [6.07, 6.45) is 1.32. The van der Waals surface area contributed by atoms with Crippen LogP contribution in [0.3, 0.4) is 0 Å². The zero-order chi connectivity index (χ0) is 17.9. The monoisotopic (exact) mass is 333 g/mol. The van der Waals surface area contributed by atoms with Gasteiger partial charge in [0.25, 0.3) is 5.91 Å². The van der Waals surface area contributed by atoms with Gasteiger partial charge < -0.3 is 5.32 Å². The number of nitrogens with zero attached hydrogens (tertiary/aromatic N) is 2. The number of nitriles is 1. The van der Waals surface area contributed by atoms with Gasteiger partial charge in [-0.15, -0.1) is 0 Å². The minimum Gasteiger partial charge on any atom is -0.319 e. The van der Waals surface area contributed by atoms with E-state index in [1.54, 1.807) is 24.3 Å². The van der Waals surface area contributed by atoms with Gasteiger partial charge in [-0.1, -0.05) is 55.8 Å². The van der Waals surface area contributed by atoms with Crippen molar-refractivity contribution in [3.63, 3.8) is 0 Å². The van der Waals surface area contributed by atoms with E-state index >= 15 is 0 Å². The number of hydrogen-bond donors (Lipinski definition) is 1. The van der Waals surface area contributed by atoms with Crippen molar-refractivity contribution in [1.29, 1.82) is 5.26 Å². The summed E-state index contributed by atoms with van der Waals surface area (Å²) in [6, 6.07) is 18.0. The Morgan fingerprint density at radius 2 is 1.76 bits per heavy atom. The molecule has 1 aliphatic rings. The van der Waals surface area contributed by atoms with E-state index in [-0.39, 0.29) is 18.5 Å². The molecule has 0 aromatic heterocycles. The summed E-state index contributed by atoms with van der Waals surface area (Å²) in [6.45, 7) is 2.18. The summed E-state index contributed by atoms with van der Waals surface area (Å²) in [5, 5.41) is 11.8. The van der Waals surface area contributed by atoms with Gasteiger partial charge in [-0.3, -0.25) is 9.69 Å². The Bertz CT molecular complexity index is 824. The van der Waals surface area contributed by atoms with Gasteiger partial charge in [-0.25, -0.2) is 4.79 Å². The Morgan fingerprint density at radius 1 is 1.08 bits per heavy atom. The first-order valence-corrected chi connectivity index (χ1v) is 8.29. The second kappa shape index (κ2) is 6.78. The van der Waals surface area contributed by atoms with Crippen LogP contribution in [0.25, 0.3) is 0 Å². The van der Waals surface area contributed by atoms with Gasteiger partial charge in [-0.2, -0.15) is 5.26 Å². The highest BCUT2D eigenvalue weighted by molar-refractivity contribution is 6.07. The molecule has 1 unspecified atom stereocenters. The number of imide groups is 1. The molecule has 0 spiro atoms. The molecule has 0 saturated carbocycles. The van der Waals surface area contributed by atoms with Crippen LogP contribution in [-0.4, -0.2) is 16.8 Å². The molecule has 2 aromatic rings. The van der Waals surface area contributed by atoms with Crippen molar-refractivity contribution in [1.82, 2.24) is 10.2 Å². The molecule has 25 heavy (non-hydrogen) atoms. The van der Waals surface area contributed by atoms with Crippen molar-refractivity contribution in [2.45, 2.75) is 31.8 Å². The van der Waals surface area contributed by atoms with Gasteiger partial charge in [-0.05, 0) is 29.7 Å². The van der Waals surface area contributed by atoms with Gasteiger partial charge >= 0.3 is 6.03 Å². The van der Waals surface area contributed by atoms with Crippen LogP contribution in [-0.2, 0) is 16.9 Å². The molecule has 5 heteroatoms. The van der Waals surface area contributed by atoms with E-state index in [2.05, 4.69) is 11.4 Å². The molecule has 0 aliphatic carbocycles. The van der Waals surface area contributed by atoms with Crippen LogP contribution in [0.15, 0.2) is 54.6 Å². The van der Waals surface area contributed by atoms with Gasteiger partial charge in [0.2, 0.25) is 0 Å². The minimum absolute atomic E-state index is 0.189. The normalized spacial score (nSPS) is 19.6. The third-order valence-corrected chi connectivity index (χ3v) is 4.49. The fourth-order valence-corrected chi connectivity index (χ4v) is 3.24. The highest BCUT2D eigenvalue weighted by Crippen LogP contribution is 2.34. The van der Waals surface area contributed by atoms with Crippen LogP contribution in [0.4, 0.5) is 4.79 Å². The first-order chi connectivity index (χ1) is 12.1. The lowest BCUT2D eigenvalue weighted by Gasteiger charge is -2.27. The Kier molecular flexibility index (Phi) is 4.53. The molecule has 3 rings (SSSR count). The Morgan fingerprint density at radius 3 is 2.36 bits per heavy atom. The van der Waals surface area contributed by atoms with E-state index < -0.39 is 5.54 Å². The summed E-state index contributed by atoms with van der Waals surface area (Å²) in [4.78, 5) is 26.9. The minimum atomic E-state index is -1.00. The van der Waals surface area contributed by atoms with E-state index in [4.69, 9.17) is 5.26 Å². The SMILES string of the molecule is CCCC1(c2ccccc2)NC(=O)N(Cc2ccc(C#N)cc2)C1=O. The number of rotatable bonds is 5. The number of carbonyl (C=O) groups is 2. The number of nitrogens with one attached hydrogen (secondary N) is 1. The van der Waals surface area contributed by atoms with Gasteiger partial charge in [0.1, 0.15) is 5.54 Å². The van der Waals surface area contributed by atoms with Crippen LogP contribution < -0.4 is 5.32 Å². The first-order valence-electron chi connectivity index (χ1n) is 8.29. The van der Waals surface area contributed by atoms with Gasteiger partial charge in [0.05, 0.1) is 18.2 Å². The maximum absolute atomic E-state index is 13.1. The molecular formula is C20H19N3O2. The lowest BCUT2D eigenvalue weighted by molar-refractivity contribution is -0.132. The molecular weight excluding hydrogens is 314 g/mol. The van der Waals surface area contributed by atoms with Crippen molar-refractivity contribution in [3.8, 4) is 6.07 Å². The van der Waals surface area contributed by atoms with Crippen molar-refractivity contribution in [3.05, 3.63) is 71.3 Å². The molecule has 1 atom stereocenters. The van der Waals surface area contributed by atoms with E-state index in [0.29, 0.717) is 12.0 Å². The quantitative estimate of drug-likeness (QED) is 0.853. The first kappa shape index (κ1) is 16.7. The average Bonchev–Trinajstić information content (AvgIpc) is 2.88. The standard InChI is InChI=1S/C20H19N3O2/c1-2-12-20(17-6-4-3-5-7-17)18(24)23(19(25)22-20)14-16-10-8-15(13-21)9-11-16/h3-11H,2,12,14H2,1H3,(H,22,25). The van der Waals surface area contributed by atoms with E-state index in [9.17, 15) is 9.59 Å². The summed E-state index contributed by atoms with van der Waals surface area (Å²) < 4.78 is 0. The van der Waals surface area contributed by atoms with Gasteiger partial charge in [0, 0.05) is 0 Å². The van der Waals surface area contributed by atoms with Crippen LogP contribution >= 0.6 is 0 Å². The van der Waals surface area contributed by atoms with Crippen molar-refractivity contribution in [2.24, 2.45) is 0 Å². The number of carbonyl (C=O) groups excluding carboxylic acids is 2. The van der Waals surface area contributed by atoms with E-state index in [0.717, 1.165) is 17.5 Å². The van der Waals surface area contributed by atoms with E-state index in [1.807, 2.05) is 37.3 Å². The number of urea groups is 1. The van der Waals surface area contributed by atoms with Crippen LogP contribution in [0.1, 0.15) is 36.5 Å². The highest BCUT2D eigenvalue weighted by Gasteiger charge is 2.51. The summed E-state index contributed by atoms with van der Waals surface area (Å²) in [7, 11) is 0. The Labute approximate surface area is 146 Å². The van der Waals surface area contributed by atoms with Crippen LogP contribution in [0.5, 0.6) is 0 Å². The zero-order valence-electron chi connectivity index (χ0n) is 14.0. The molecule has 1 aliphatic heterocycles. The Balaban J connectivity index is 1.91. The smallest absolute Gasteiger partial charge is 0.319 e. The maximum atomic E-state index is 13.1. The van der Waals surface area contributed by atoms with Crippen LogP contribution in [0, 0.1) is 11.3 Å². The third-order valence-electron chi connectivity index (χ3n) is 4.49. The molecule has 3 amide bonds. The largest absolute Gasteiger partial charge is 0.325 e. The number of hydrogen-bond acceptors (Lipinski definition) is 3. The highest BCUT2D eigenvalue weighted by atomic mass is 16.2. The maximum Gasteiger partial charge on any atom is 0.325 e. The lowest BCUT2D eigenvalue weighted by Crippen LogP contribution is -2.43. The molecule has 0 radical (unpaired) electrons. The van der Waals surface area contributed by atoms with Gasteiger partial charge in [0.15, 0.2) is 0 Å². The molecule has 1 fully saturated rings. The fraction of sp³-hybridized carbons (Fsp3) is 0.250. The average molecular weight is 333 g/mol. The zero-order valence-corrected chi connectivity index (χ0v) is 14.0. The second-order valence-electron chi connectivity index (χ2n) is 6.15. The van der Waals surface area contributed by atoms with E-state index in [1.165, 1.54) is 4.90 Å². The summed E-state index contributed by atoms with van der Waals surface area (Å²) >= 11 is 0. The molecule has 1 N–H and O–H groups in total. The summed E-state index contributed by atoms with van der Waals surface area (Å²) in [5.41, 5.74) is 1.16. The molecule has 1 heterocycles. The van der Waals surface area contributed by atoms with Crippen molar-refractivity contribution >= 4 is 11.9 Å². The van der Waals surface area contributed by atoms with Crippen LogP contribution in [0.2, 0.25) is 0 Å². The number of amides is 3. The second-order valence-corrected chi connectivity index (χ2v) is 6.15. The third kappa shape index (κ3) is 2.99. The predicted octanol–water partition coefficient (Wildman–Crippen LogP) is 3.31. The number of benzene rings is 2. The van der Waals surface area contributed by atoms with Crippen molar-refractivity contribution < 1.29 is 9.59 Å².